The predicted octanol–water partition coefficient (Wildman–Crippen LogP) is 1.64. The molecule has 0 bridgehead atoms. The van der Waals surface area contributed by atoms with Crippen LogP contribution in [0.25, 0.3) is 0 Å². The molecule has 0 atom stereocenters. The molecule has 0 aliphatic heterocycles. The van der Waals surface area contributed by atoms with Crippen LogP contribution in [0.2, 0.25) is 0 Å². The highest BCUT2D eigenvalue weighted by atomic mass is 19.3. The summed E-state index contributed by atoms with van der Waals surface area (Å²) in [4.78, 5) is 0. The van der Waals surface area contributed by atoms with Gasteiger partial charge in [-0.05, 0) is 25.1 Å². The summed E-state index contributed by atoms with van der Waals surface area (Å²) in [5, 5.41) is 0. The largest absolute Gasteiger partial charge is 0.345 e. The molecular formula is C9H14F2N2. The second-order valence-electron chi connectivity index (χ2n) is 3.24. The van der Waals surface area contributed by atoms with Crippen molar-refractivity contribution < 1.29 is 8.78 Å². The number of nitrogens with two attached hydrogens (primary N) is 1. The monoisotopic (exact) mass is 188 g/mol. The molecule has 0 aliphatic rings. The summed E-state index contributed by atoms with van der Waals surface area (Å²) in [5.41, 5.74) is 6.22. The Morgan fingerprint density at radius 1 is 1.54 bits per heavy atom. The Hall–Kier alpha value is -0.900. The van der Waals surface area contributed by atoms with Gasteiger partial charge >= 0.3 is 0 Å². The van der Waals surface area contributed by atoms with Gasteiger partial charge in [0, 0.05) is 18.8 Å². The summed E-state index contributed by atoms with van der Waals surface area (Å²) in [6, 6.07) is 3.58. The van der Waals surface area contributed by atoms with Crippen molar-refractivity contribution in [2.24, 2.45) is 5.73 Å². The third-order valence-corrected chi connectivity index (χ3v) is 1.77. The van der Waals surface area contributed by atoms with Gasteiger partial charge < -0.3 is 10.3 Å². The van der Waals surface area contributed by atoms with Crippen LogP contribution in [0.4, 0.5) is 8.78 Å². The lowest BCUT2D eigenvalue weighted by atomic mass is 10.3. The maximum Gasteiger partial charge on any atom is 0.262 e. The van der Waals surface area contributed by atoms with E-state index in [1.807, 2.05) is 6.07 Å². The van der Waals surface area contributed by atoms with Crippen molar-refractivity contribution in [3.63, 3.8) is 0 Å². The summed E-state index contributed by atoms with van der Waals surface area (Å²) in [6.45, 7) is 1.13. The van der Waals surface area contributed by atoms with Crippen LogP contribution in [0.15, 0.2) is 18.3 Å². The van der Waals surface area contributed by atoms with Gasteiger partial charge in [-0.15, -0.1) is 0 Å². The average Bonchev–Trinajstić information content (AvgIpc) is 2.34. The number of aromatic nitrogens is 1. The highest BCUT2D eigenvalue weighted by Gasteiger charge is 2.22. The molecule has 0 radical (unpaired) electrons. The minimum absolute atomic E-state index is 0.269. The van der Waals surface area contributed by atoms with Crippen LogP contribution in [0.1, 0.15) is 12.6 Å². The van der Waals surface area contributed by atoms with E-state index in [0.29, 0.717) is 13.0 Å². The molecule has 4 heteroatoms. The quantitative estimate of drug-likeness (QED) is 0.765. The minimum atomic E-state index is -2.66. The molecule has 1 aromatic heterocycles. The third-order valence-electron chi connectivity index (χ3n) is 1.77. The lowest BCUT2D eigenvalue weighted by Gasteiger charge is -2.13. The number of alkyl halides is 2. The fraction of sp³-hybridized carbons (Fsp3) is 0.556. The van der Waals surface area contributed by atoms with Crippen molar-refractivity contribution in [3.05, 3.63) is 24.0 Å². The fourth-order valence-electron chi connectivity index (χ4n) is 1.28. The van der Waals surface area contributed by atoms with Gasteiger partial charge in [0.25, 0.3) is 5.92 Å². The van der Waals surface area contributed by atoms with Gasteiger partial charge in [0.15, 0.2) is 0 Å². The molecule has 74 valence electrons. The Morgan fingerprint density at radius 2 is 2.23 bits per heavy atom. The van der Waals surface area contributed by atoms with Gasteiger partial charge in [-0.1, -0.05) is 0 Å². The van der Waals surface area contributed by atoms with Gasteiger partial charge in [-0.3, -0.25) is 0 Å². The summed E-state index contributed by atoms with van der Waals surface area (Å²) in [6.07, 6.45) is 2.30. The first-order valence-corrected chi connectivity index (χ1v) is 4.25. The normalized spacial score (nSPS) is 12.0. The van der Waals surface area contributed by atoms with Gasteiger partial charge in [-0.25, -0.2) is 8.78 Å². The van der Waals surface area contributed by atoms with E-state index in [9.17, 15) is 8.78 Å². The molecule has 0 unspecified atom stereocenters. The minimum Gasteiger partial charge on any atom is -0.345 e. The van der Waals surface area contributed by atoms with Gasteiger partial charge in [0.05, 0.1) is 6.54 Å². The first-order chi connectivity index (χ1) is 6.03. The number of nitrogens with zero attached hydrogens (tertiary/aromatic N) is 1. The predicted molar refractivity (Wildman–Crippen MR) is 47.8 cm³/mol. The lowest BCUT2D eigenvalue weighted by molar-refractivity contribution is 0.00334. The van der Waals surface area contributed by atoms with E-state index < -0.39 is 5.92 Å². The molecule has 1 aromatic rings. The van der Waals surface area contributed by atoms with Crippen molar-refractivity contribution in [3.8, 4) is 0 Å². The summed E-state index contributed by atoms with van der Waals surface area (Å²) in [7, 11) is 0. The Morgan fingerprint density at radius 3 is 2.77 bits per heavy atom. The molecule has 0 amide bonds. The second-order valence-corrected chi connectivity index (χ2v) is 3.24. The molecule has 13 heavy (non-hydrogen) atoms. The van der Waals surface area contributed by atoms with E-state index in [4.69, 9.17) is 5.73 Å². The average molecular weight is 188 g/mol. The van der Waals surface area contributed by atoms with Crippen LogP contribution in [0.5, 0.6) is 0 Å². The van der Waals surface area contributed by atoms with Crippen LogP contribution in [0.3, 0.4) is 0 Å². The van der Waals surface area contributed by atoms with Crippen molar-refractivity contribution in [1.29, 1.82) is 0 Å². The number of halogens is 2. The van der Waals surface area contributed by atoms with Crippen LogP contribution in [-0.2, 0) is 13.0 Å². The second kappa shape index (κ2) is 3.87. The standard InChI is InChI=1S/C9H14F2N2/c1-9(10,11)7-13-6-2-3-8(13)4-5-12/h2-3,6H,4-5,7,12H2,1H3. The molecule has 2 nitrogen and oxygen atoms in total. The molecule has 2 N–H and O–H groups in total. The topological polar surface area (TPSA) is 30.9 Å². The SMILES string of the molecule is CC(F)(F)Cn1cccc1CCN. The van der Waals surface area contributed by atoms with Crippen molar-refractivity contribution in [2.45, 2.75) is 25.8 Å². The van der Waals surface area contributed by atoms with Gasteiger partial charge in [0.2, 0.25) is 0 Å². The zero-order valence-corrected chi connectivity index (χ0v) is 7.63. The number of hydrogen-bond acceptors (Lipinski definition) is 1. The molecule has 0 saturated heterocycles. The first-order valence-electron chi connectivity index (χ1n) is 4.25. The smallest absolute Gasteiger partial charge is 0.262 e. The van der Waals surface area contributed by atoms with Crippen LogP contribution < -0.4 is 5.73 Å². The molecule has 0 spiro atoms. The summed E-state index contributed by atoms with van der Waals surface area (Å²) >= 11 is 0. The molecule has 1 rings (SSSR count). The van der Waals surface area contributed by atoms with E-state index in [1.54, 1.807) is 16.8 Å². The highest BCUT2D eigenvalue weighted by molar-refractivity contribution is 5.07. The Balaban J connectivity index is 2.70. The summed E-state index contributed by atoms with van der Waals surface area (Å²) < 4.78 is 26.9. The van der Waals surface area contributed by atoms with Gasteiger partial charge in [-0.2, -0.15) is 0 Å². The zero-order valence-electron chi connectivity index (χ0n) is 7.63. The van der Waals surface area contributed by atoms with E-state index in [-0.39, 0.29) is 6.54 Å². The third kappa shape index (κ3) is 3.14. The Bertz CT molecular complexity index is 263. The summed E-state index contributed by atoms with van der Waals surface area (Å²) in [5.74, 6) is -2.66. The van der Waals surface area contributed by atoms with Gasteiger partial charge in [0.1, 0.15) is 0 Å². The number of rotatable bonds is 4. The van der Waals surface area contributed by atoms with Crippen LogP contribution in [-0.4, -0.2) is 17.0 Å². The Kier molecular flexibility index (Phi) is 3.03. The van der Waals surface area contributed by atoms with Crippen LogP contribution in [0, 0.1) is 0 Å². The van der Waals surface area contributed by atoms with E-state index in [2.05, 4.69) is 0 Å². The Labute approximate surface area is 76.3 Å². The zero-order chi connectivity index (χ0) is 9.90. The maximum atomic E-state index is 12.7. The molecule has 0 aliphatic carbocycles. The van der Waals surface area contributed by atoms with E-state index in [0.717, 1.165) is 12.6 Å². The highest BCUT2D eigenvalue weighted by Crippen LogP contribution is 2.16. The molecule has 0 saturated carbocycles. The van der Waals surface area contributed by atoms with E-state index >= 15 is 0 Å². The molecular weight excluding hydrogens is 174 g/mol. The maximum absolute atomic E-state index is 12.7. The van der Waals surface area contributed by atoms with Crippen molar-refractivity contribution in [2.75, 3.05) is 6.54 Å². The van der Waals surface area contributed by atoms with E-state index in [1.165, 1.54) is 0 Å². The van der Waals surface area contributed by atoms with Crippen LogP contribution >= 0.6 is 0 Å². The van der Waals surface area contributed by atoms with Crippen molar-refractivity contribution >= 4 is 0 Å². The lowest BCUT2D eigenvalue weighted by Crippen LogP contribution is -2.21. The fourth-order valence-corrected chi connectivity index (χ4v) is 1.28. The number of hydrogen-bond donors (Lipinski definition) is 1. The van der Waals surface area contributed by atoms with Crippen molar-refractivity contribution in [1.82, 2.24) is 4.57 Å². The first kappa shape index (κ1) is 10.2. The molecule has 1 heterocycles. The molecule has 0 fully saturated rings. The molecule has 0 aromatic carbocycles.